The number of nitrogens with two attached hydrogens (primary N) is 2. The van der Waals surface area contributed by atoms with Crippen LogP contribution in [-0.2, 0) is 0 Å². The largest absolute Gasteiger partial charge is 0.330 e. The fourth-order valence-corrected chi connectivity index (χ4v) is 4.53. The molecular weight excluding hydrogens is 378 g/mol. The van der Waals surface area contributed by atoms with Crippen LogP contribution in [0.4, 0.5) is 0 Å². The van der Waals surface area contributed by atoms with Crippen LogP contribution in [0.25, 0.3) is 0 Å². The van der Waals surface area contributed by atoms with Crippen LogP contribution in [0.5, 0.6) is 0 Å². The highest BCUT2D eigenvalue weighted by atomic mass is 15.1. The number of nitrogens with zero attached hydrogens (tertiary/aromatic N) is 1. The number of hydrogen-bond acceptors (Lipinski definition) is 3. The van der Waals surface area contributed by atoms with E-state index in [1.165, 1.54) is 161 Å². The lowest BCUT2D eigenvalue weighted by atomic mass is 10.1. The van der Waals surface area contributed by atoms with Crippen LogP contribution in [0.1, 0.15) is 148 Å². The fourth-order valence-electron chi connectivity index (χ4n) is 4.53. The van der Waals surface area contributed by atoms with E-state index in [1.54, 1.807) is 0 Å². The highest BCUT2D eigenvalue weighted by molar-refractivity contribution is 4.60. The molecule has 0 bridgehead atoms. The molecule has 0 aliphatic carbocycles. The Balaban J connectivity index is 3.74. The van der Waals surface area contributed by atoms with Crippen LogP contribution in [0.3, 0.4) is 0 Å². The van der Waals surface area contributed by atoms with Crippen molar-refractivity contribution in [3.63, 3.8) is 0 Å². The molecule has 0 saturated carbocycles. The van der Waals surface area contributed by atoms with Gasteiger partial charge in [0.15, 0.2) is 0 Å². The maximum atomic E-state index is 5.64. The Labute approximate surface area is 197 Å². The van der Waals surface area contributed by atoms with Crippen molar-refractivity contribution in [2.75, 3.05) is 32.7 Å². The number of hydrogen-bond donors (Lipinski definition) is 2. The third-order valence-electron chi connectivity index (χ3n) is 6.68. The van der Waals surface area contributed by atoms with E-state index in [0.29, 0.717) is 0 Å². The molecule has 0 aromatic heterocycles. The lowest BCUT2D eigenvalue weighted by Gasteiger charge is -2.22. The summed E-state index contributed by atoms with van der Waals surface area (Å²) < 4.78 is 0. The predicted octanol–water partition coefficient (Wildman–Crippen LogP) is 7.81. The zero-order chi connectivity index (χ0) is 22.7. The first-order valence-electron chi connectivity index (χ1n) is 14.5. The highest BCUT2D eigenvalue weighted by Gasteiger charge is 2.05. The van der Waals surface area contributed by atoms with Gasteiger partial charge in [-0.25, -0.2) is 0 Å². The van der Waals surface area contributed by atoms with Gasteiger partial charge >= 0.3 is 0 Å². The van der Waals surface area contributed by atoms with Crippen LogP contribution in [0, 0.1) is 0 Å². The Morgan fingerprint density at radius 2 is 0.613 bits per heavy atom. The molecule has 0 heterocycles. The van der Waals surface area contributed by atoms with Crippen LogP contribution >= 0.6 is 0 Å². The molecule has 0 fully saturated rings. The van der Waals surface area contributed by atoms with Gasteiger partial charge in [0.2, 0.25) is 0 Å². The molecular formula is C28H61N3. The van der Waals surface area contributed by atoms with Gasteiger partial charge in [0.1, 0.15) is 0 Å². The predicted molar refractivity (Wildman–Crippen MR) is 142 cm³/mol. The van der Waals surface area contributed by atoms with Gasteiger partial charge in [-0.1, -0.05) is 116 Å². The summed E-state index contributed by atoms with van der Waals surface area (Å²) >= 11 is 0. The van der Waals surface area contributed by atoms with Crippen molar-refractivity contribution < 1.29 is 0 Å². The lowest BCUT2D eigenvalue weighted by Crippen LogP contribution is -2.27. The van der Waals surface area contributed by atoms with Gasteiger partial charge in [-0.15, -0.1) is 0 Å². The standard InChI is InChI=1S/C28H61N3/c1-2-3-4-5-6-7-9-12-16-21-26-31(28-23-18-15-20-25-30)27-22-17-13-10-8-11-14-19-24-29/h2-30H2,1H3. The molecule has 0 radical (unpaired) electrons. The van der Waals surface area contributed by atoms with Gasteiger partial charge in [0, 0.05) is 0 Å². The molecule has 3 heteroatoms. The fraction of sp³-hybridized carbons (Fsp3) is 1.00. The molecule has 31 heavy (non-hydrogen) atoms. The number of unbranched alkanes of at least 4 members (excludes halogenated alkanes) is 19. The third kappa shape index (κ3) is 26.0. The van der Waals surface area contributed by atoms with E-state index in [4.69, 9.17) is 11.5 Å². The lowest BCUT2D eigenvalue weighted by molar-refractivity contribution is 0.254. The Morgan fingerprint density at radius 1 is 0.355 bits per heavy atom. The van der Waals surface area contributed by atoms with Gasteiger partial charge in [0.05, 0.1) is 0 Å². The van der Waals surface area contributed by atoms with E-state index in [1.807, 2.05) is 0 Å². The molecule has 4 N–H and O–H groups in total. The van der Waals surface area contributed by atoms with E-state index in [2.05, 4.69) is 11.8 Å². The van der Waals surface area contributed by atoms with Crippen LogP contribution < -0.4 is 11.5 Å². The van der Waals surface area contributed by atoms with Crippen molar-refractivity contribution in [2.45, 2.75) is 148 Å². The SMILES string of the molecule is CCCCCCCCCCCCN(CCCCCCN)CCCCCCCCCCN. The summed E-state index contributed by atoms with van der Waals surface area (Å²) in [7, 11) is 0. The molecule has 0 aromatic carbocycles. The monoisotopic (exact) mass is 439 g/mol. The maximum absolute atomic E-state index is 5.64. The molecule has 0 spiro atoms. The zero-order valence-electron chi connectivity index (χ0n) is 21.7. The zero-order valence-corrected chi connectivity index (χ0v) is 21.7. The Morgan fingerprint density at radius 3 is 0.903 bits per heavy atom. The quantitative estimate of drug-likeness (QED) is 0.128. The molecule has 0 rings (SSSR count). The van der Waals surface area contributed by atoms with E-state index in [-0.39, 0.29) is 0 Å². The van der Waals surface area contributed by atoms with Crippen molar-refractivity contribution in [1.29, 1.82) is 0 Å². The summed E-state index contributed by atoms with van der Waals surface area (Å²) in [5.74, 6) is 0. The number of rotatable bonds is 27. The topological polar surface area (TPSA) is 55.3 Å². The molecule has 0 atom stereocenters. The van der Waals surface area contributed by atoms with Gasteiger partial charge < -0.3 is 16.4 Å². The molecule has 0 aliphatic heterocycles. The first-order chi connectivity index (χ1) is 15.3. The normalized spacial score (nSPS) is 11.6. The average molecular weight is 440 g/mol. The second kappa shape index (κ2) is 27.9. The van der Waals surface area contributed by atoms with Gasteiger partial charge in [-0.3, -0.25) is 0 Å². The summed E-state index contributed by atoms with van der Waals surface area (Å²) in [4.78, 5) is 2.77. The van der Waals surface area contributed by atoms with E-state index < -0.39 is 0 Å². The molecule has 3 nitrogen and oxygen atoms in total. The minimum atomic E-state index is 0.856. The van der Waals surface area contributed by atoms with Crippen LogP contribution in [-0.4, -0.2) is 37.6 Å². The molecule has 188 valence electrons. The molecule has 0 amide bonds. The maximum Gasteiger partial charge on any atom is -0.00187 e. The first kappa shape index (κ1) is 30.9. The summed E-state index contributed by atoms with van der Waals surface area (Å²) in [5.41, 5.74) is 11.2. The van der Waals surface area contributed by atoms with Gasteiger partial charge in [0.25, 0.3) is 0 Å². The summed E-state index contributed by atoms with van der Waals surface area (Å²) in [6.07, 6.45) is 30.5. The first-order valence-corrected chi connectivity index (χ1v) is 14.5. The van der Waals surface area contributed by atoms with E-state index >= 15 is 0 Å². The second-order valence-corrected chi connectivity index (χ2v) is 9.84. The van der Waals surface area contributed by atoms with Gasteiger partial charge in [-0.2, -0.15) is 0 Å². The van der Waals surface area contributed by atoms with Crippen LogP contribution in [0.15, 0.2) is 0 Å². The van der Waals surface area contributed by atoms with Crippen LogP contribution in [0.2, 0.25) is 0 Å². The molecule has 0 aromatic rings. The Hall–Kier alpha value is -0.120. The third-order valence-corrected chi connectivity index (χ3v) is 6.68. The Bertz CT molecular complexity index is 309. The summed E-state index contributed by atoms with van der Waals surface area (Å²) in [5, 5.41) is 0. The minimum Gasteiger partial charge on any atom is -0.330 e. The molecule has 0 aliphatic rings. The van der Waals surface area contributed by atoms with Crippen molar-refractivity contribution in [2.24, 2.45) is 11.5 Å². The van der Waals surface area contributed by atoms with Crippen molar-refractivity contribution in [3.8, 4) is 0 Å². The molecule has 0 unspecified atom stereocenters. The van der Waals surface area contributed by atoms with Crippen molar-refractivity contribution >= 4 is 0 Å². The Kier molecular flexibility index (Phi) is 27.8. The summed E-state index contributed by atoms with van der Waals surface area (Å²) in [6.45, 7) is 7.97. The smallest absolute Gasteiger partial charge is 0.00187 e. The van der Waals surface area contributed by atoms with Crippen molar-refractivity contribution in [1.82, 2.24) is 4.90 Å². The second-order valence-electron chi connectivity index (χ2n) is 9.84. The van der Waals surface area contributed by atoms with E-state index in [9.17, 15) is 0 Å². The molecule has 0 saturated heterocycles. The average Bonchev–Trinajstić information content (AvgIpc) is 2.78. The minimum absolute atomic E-state index is 0.856. The highest BCUT2D eigenvalue weighted by Crippen LogP contribution is 2.13. The van der Waals surface area contributed by atoms with Gasteiger partial charge in [-0.05, 0) is 64.8 Å². The van der Waals surface area contributed by atoms with E-state index in [0.717, 1.165) is 13.1 Å². The summed E-state index contributed by atoms with van der Waals surface area (Å²) in [6, 6.07) is 0. The van der Waals surface area contributed by atoms with Crippen molar-refractivity contribution in [3.05, 3.63) is 0 Å².